The molecule has 4 nitrogen and oxygen atoms in total. The molecule has 1 N–H and O–H groups in total. The van der Waals surface area contributed by atoms with Gasteiger partial charge in [-0.1, -0.05) is 48.5 Å². The average molecular weight is 337 g/mol. The molecule has 2 aromatic rings. The number of rotatable bonds is 8. The third-order valence-electron chi connectivity index (χ3n) is 4.58. The van der Waals surface area contributed by atoms with Gasteiger partial charge in [0.05, 0.1) is 6.42 Å². The van der Waals surface area contributed by atoms with Crippen LogP contribution >= 0.6 is 0 Å². The lowest BCUT2D eigenvalue weighted by molar-refractivity contribution is -0.137. The van der Waals surface area contributed by atoms with Gasteiger partial charge >= 0.3 is 5.97 Å². The minimum Gasteiger partial charge on any atom is -0.481 e. The fraction of sp³-hybridized carbons (Fsp3) is 0.333. The number of anilines is 1. The number of nitrogens with zero attached hydrogens (tertiary/aromatic N) is 1. The molecule has 0 saturated heterocycles. The van der Waals surface area contributed by atoms with Crippen LogP contribution in [-0.4, -0.2) is 23.0 Å². The molecule has 4 heteroatoms. The molecule has 3 rings (SSSR count). The lowest BCUT2D eigenvalue weighted by Crippen LogP contribution is -2.43. The van der Waals surface area contributed by atoms with Gasteiger partial charge in [-0.15, -0.1) is 0 Å². The van der Waals surface area contributed by atoms with E-state index < -0.39 is 5.97 Å². The highest BCUT2D eigenvalue weighted by molar-refractivity contribution is 5.97. The molecular weight excluding hydrogens is 314 g/mol. The second-order valence-electron chi connectivity index (χ2n) is 6.59. The van der Waals surface area contributed by atoms with Crippen LogP contribution in [-0.2, 0) is 16.0 Å². The molecule has 1 aliphatic carbocycles. The molecule has 0 aliphatic heterocycles. The number of carboxylic acids is 1. The number of carbonyl (C=O) groups excluding carboxylic acids is 1. The highest BCUT2D eigenvalue weighted by Gasteiger charge is 2.37. The van der Waals surface area contributed by atoms with Gasteiger partial charge in [-0.2, -0.15) is 0 Å². The van der Waals surface area contributed by atoms with Crippen LogP contribution in [0.3, 0.4) is 0 Å². The Bertz CT molecular complexity index is 710. The van der Waals surface area contributed by atoms with E-state index in [0.717, 1.165) is 30.5 Å². The highest BCUT2D eigenvalue weighted by atomic mass is 16.4. The maximum atomic E-state index is 12.9. The minimum atomic E-state index is -0.873. The smallest absolute Gasteiger partial charge is 0.305 e. The largest absolute Gasteiger partial charge is 0.481 e. The number of hydrogen-bond donors (Lipinski definition) is 1. The zero-order valence-electron chi connectivity index (χ0n) is 14.2. The van der Waals surface area contributed by atoms with Crippen molar-refractivity contribution in [3.63, 3.8) is 0 Å². The van der Waals surface area contributed by atoms with Crippen molar-refractivity contribution in [2.75, 3.05) is 4.90 Å². The summed E-state index contributed by atoms with van der Waals surface area (Å²) in [5, 5.41) is 9.37. The quantitative estimate of drug-likeness (QED) is 0.794. The van der Waals surface area contributed by atoms with E-state index in [1.165, 1.54) is 0 Å². The summed E-state index contributed by atoms with van der Waals surface area (Å²) in [7, 11) is 0. The number of aliphatic carboxylic acids is 1. The van der Waals surface area contributed by atoms with Crippen LogP contribution in [0.4, 0.5) is 5.69 Å². The Morgan fingerprint density at radius 3 is 2.16 bits per heavy atom. The minimum absolute atomic E-state index is 0.0415. The van der Waals surface area contributed by atoms with Crippen molar-refractivity contribution < 1.29 is 14.7 Å². The van der Waals surface area contributed by atoms with E-state index in [4.69, 9.17) is 0 Å². The van der Waals surface area contributed by atoms with Crippen molar-refractivity contribution in [1.29, 1.82) is 0 Å². The molecule has 1 saturated carbocycles. The number of aryl methyl sites for hydroxylation is 1. The topological polar surface area (TPSA) is 57.6 Å². The third kappa shape index (κ3) is 4.69. The molecule has 2 aromatic carbocycles. The zero-order chi connectivity index (χ0) is 17.6. The van der Waals surface area contributed by atoms with Crippen molar-refractivity contribution in [1.82, 2.24) is 0 Å². The van der Waals surface area contributed by atoms with Gasteiger partial charge in [0.15, 0.2) is 0 Å². The van der Waals surface area contributed by atoms with Crippen LogP contribution in [0.2, 0.25) is 0 Å². The summed E-state index contributed by atoms with van der Waals surface area (Å²) in [6.07, 6.45) is 3.14. The average Bonchev–Trinajstić information content (AvgIpc) is 3.46. The first-order chi connectivity index (χ1) is 12.1. The fourth-order valence-corrected chi connectivity index (χ4v) is 3.14. The van der Waals surface area contributed by atoms with E-state index in [-0.39, 0.29) is 24.3 Å². The Labute approximate surface area is 148 Å². The molecule has 0 heterocycles. The van der Waals surface area contributed by atoms with Crippen molar-refractivity contribution in [2.24, 2.45) is 5.92 Å². The number of carboxylic acid groups (broad SMARTS) is 1. The molecule has 1 fully saturated rings. The second kappa shape index (κ2) is 7.97. The third-order valence-corrected chi connectivity index (χ3v) is 4.58. The predicted octanol–water partition coefficient (Wildman–Crippen LogP) is 3.91. The molecule has 0 bridgehead atoms. The lowest BCUT2D eigenvalue weighted by atomic mass is 10.00. The van der Waals surface area contributed by atoms with Crippen LogP contribution in [0, 0.1) is 5.92 Å². The second-order valence-corrected chi connectivity index (χ2v) is 6.59. The Morgan fingerprint density at radius 2 is 1.60 bits per heavy atom. The van der Waals surface area contributed by atoms with Crippen molar-refractivity contribution in [3.05, 3.63) is 66.2 Å². The lowest BCUT2D eigenvalue weighted by Gasteiger charge is -2.31. The van der Waals surface area contributed by atoms with Gasteiger partial charge < -0.3 is 10.0 Å². The summed E-state index contributed by atoms with van der Waals surface area (Å²) >= 11 is 0. The van der Waals surface area contributed by atoms with E-state index in [1.54, 1.807) is 4.90 Å². The van der Waals surface area contributed by atoms with Gasteiger partial charge in [-0.3, -0.25) is 9.59 Å². The van der Waals surface area contributed by atoms with Crippen LogP contribution < -0.4 is 4.90 Å². The monoisotopic (exact) mass is 337 g/mol. The Morgan fingerprint density at radius 1 is 1.00 bits per heavy atom. The maximum absolute atomic E-state index is 12.9. The van der Waals surface area contributed by atoms with Crippen molar-refractivity contribution in [2.45, 2.75) is 38.1 Å². The van der Waals surface area contributed by atoms with Gasteiger partial charge in [0, 0.05) is 17.6 Å². The maximum Gasteiger partial charge on any atom is 0.305 e. The summed E-state index contributed by atoms with van der Waals surface area (Å²) in [6, 6.07) is 19.1. The number of hydrogen-bond acceptors (Lipinski definition) is 2. The molecule has 1 amide bonds. The summed E-state index contributed by atoms with van der Waals surface area (Å²) < 4.78 is 0. The van der Waals surface area contributed by atoms with E-state index in [1.807, 2.05) is 60.7 Å². The van der Waals surface area contributed by atoms with E-state index in [2.05, 4.69) is 0 Å². The molecule has 25 heavy (non-hydrogen) atoms. The van der Waals surface area contributed by atoms with Gasteiger partial charge in [0.25, 0.3) is 0 Å². The van der Waals surface area contributed by atoms with E-state index >= 15 is 0 Å². The summed E-state index contributed by atoms with van der Waals surface area (Å²) in [6.45, 7) is 0. The Kier molecular flexibility index (Phi) is 5.49. The normalized spacial score (nSPS) is 14.7. The van der Waals surface area contributed by atoms with E-state index in [0.29, 0.717) is 6.42 Å². The molecular formula is C21H23NO3. The number of amides is 1. The molecule has 0 unspecified atom stereocenters. The number of para-hydroxylation sites is 1. The summed E-state index contributed by atoms with van der Waals surface area (Å²) in [5.41, 5.74) is 1.95. The van der Waals surface area contributed by atoms with Gasteiger partial charge in [-0.25, -0.2) is 0 Å². The van der Waals surface area contributed by atoms with Crippen LogP contribution in [0.25, 0.3) is 0 Å². The van der Waals surface area contributed by atoms with Gasteiger partial charge in [0.1, 0.15) is 0 Å². The van der Waals surface area contributed by atoms with Crippen molar-refractivity contribution >= 4 is 17.6 Å². The number of benzene rings is 2. The Balaban J connectivity index is 1.83. The van der Waals surface area contributed by atoms with Gasteiger partial charge in [0.2, 0.25) is 5.91 Å². The molecule has 0 spiro atoms. The number of carbonyl (C=O) groups is 2. The molecule has 0 aromatic heterocycles. The van der Waals surface area contributed by atoms with Crippen LogP contribution in [0.5, 0.6) is 0 Å². The molecule has 1 aliphatic rings. The molecule has 1 atom stereocenters. The van der Waals surface area contributed by atoms with Gasteiger partial charge in [-0.05, 0) is 43.4 Å². The first-order valence-electron chi connectivity index (χ1n) is 8.79. The SMILES string of the molecule is O=C(O)C[C@@H](CCc1ccccc1)N(C(=O)C1CC1)c1ccccc1. The van der Waals surface area contributed by atoms with Crippen LogP contribution in [0.1, 0.15) is 31.2 Å². The fourth-order valence-electron chi connectivity index (χ4n) is 3.14. The van der Waals surface area contributed by atoms with Crippen molar-refractivity contribution in [3.8, 4) is 0 Å². The zero-order valence-corrected chi connectivity index (χ0v) is 14.2. The Hall–Kier alpha value is -2.62. The van der Waals surface area contributed by atoms with E-state index in [9.17, 15) is 14.7 Å². The standard InChI is InChI=1S/C21H23NO3/c23-20(24)15-19(14-11-16-7-3-1-4-8-16)22(21(25)17-12-13-17)18-9-5-2-6-10-18/h1-10,17,19H,11-15H2,(H,23,24)/t19-/m1/s1. The highest BCUT2D eigenvalue weighted by Crippen LogP contribution is 2.34. The first kappa shape index (κ1) is 17.2. The molecule has 0 radical (unpaired) electrons. The molecule has 130 valence electrons. The summed E-state index contributed by atoms with van der Waals surface area (Å²) in [5.74, 6) is -0.763. The predicted molar refractivity (Wildman–Crippen MR) is 97.5 cm³/mol. The first-order valence-corrected chi connectivity index (χ1v) is 8.79. The summed E-state index contributed by atoms with van der Waals surface area (Å²) in [4.78, 5) is 26.0. The van der Waals surface area contributed by atoms with Crippen LogP contribution in [0.15, 0.2) is 60.7 Å².